The zero-order valence-electron chi connectivity index (χ0n) is 11.0. The number of ether oxygens (including phenoxy) is 1. The molecule has 3 nitrogen and oxygen atoms in total. The van der Waals surface area contributed by atoms with Gasteiger partial charge in [-0.05, 0) is 35.0 Å². The van der Waals surface area contributed by atoms with Gasteiger partial charge in [-0.1, -0.05) is 17.7 Å². The molecular formula is C14H13BrClFN2O. The molecule has 1 unspecified atom stereocenters. The molecule has 20 heavy (non-hydrogen) atoms. The molecule has 0 spiro atoms. The summed E-state index contributed by atoms with van der Waals surface area (Å²) in [5.41, 5.74) is 1.17. The summed E-state index contributed by atoms with van der Waals surface area (Å²) in [6.07, 6.45) is 1.60. The Morgan fingerprint density at radius 2 is 2.15 bits per heavy atom. The van der Waals surface area contributed by atoms with Gasteiger partial charge in [0.15, 0.2) is 5.15 Å². The highest BCUT2D eigenvalue weighted by molar-refractivity contribution is 9.10. The summed E-state index contributed by atoms with van der Waals surface area (Å²) in [6.45, 7) is 1.85. The minimum atomic E-state index is -0.330. The highest BCUT2D eigenvalue weighted by atomic mass is 79.9. The second-order valence-corrected chi connectivity index (χ2v) is 5.52. The highest BCUT2D eigenvalue weighted by Crippen LogP contribution is 2.29. The Morgan fingerprint density at radius 1 is 1.40 bits per heavy atom. The quantitative estimate of drug-likeness (QED) is 0.795. The molecule has 6 heteroatoms. The van der Waals surface area contributed by atoms with Crippen LogP contribution in [0.15, 0.2) is 34.9 Å². The van der Waals surface area contributed by atoms with Gasteiger partial charge < -0.3 is 10.1 Å². The molecule has 0 aliphatic rings. The third-order valence-electron chi connectivity index (χ3n) is 2.85. The van der Waals surface area contributed by atoms with Crippen LogP contribution in [0.2, 0.25) is 5.15 Å². The summed E-state index contributed by atoms with van der Waals surface area (Å²) in [4.78, 5) is 4.02. The molecule has 1 aromatic heterocycles. The molecule has 0 saturated carbocycles. The molecule has 2 aromatic rings. The fraction of sp³-hybridized carbons (Fsp3) is 0.214. The van der Waals surface area contributed by atoms with Crippen molar-refractivity contribution in [1.29, 1.82) is 0 Å². The Morgan fingerprint density at radius 3 is 2.80 bits per heavy atom. The highest BCUT2D eigenvalue weighted by Gasteiger charge is 2.13. The van der Waals surface area contributed by atoms with E-state index in [2.05, 4.69) is 26.2 Å². The maximum Gasteiger partial charge on any atom is 0.152 e. The molecule has 1 atom stereocenters. The SMILES string of the molecule is COc1ccc(C(C)Nc2cc(Br)cnc2Cl)c(F)c1. The van der Waals surface area contributed by atoms with Crippen molar-refractivity contribution in [2.24, 2.45) is 0 Å². The molecule has 106 valence electrons. The number of anilines is 1. The van der Waals surface area contributed by atoms with Gasteiger partial charge in [-0.2, -0.15) is 0 Å². The lowest BCUT2D eigenvalue weighted by atomic mass is 10.1. The second-order valence-electron chi connectivity index (χ2n) is 4.25. The summed E-state index contributed by atoms with van der Waals surface area (Å²) in [7, 11) is 1.50. The predicted octanol–water partition coefficient (Wildman–Crippen LogP) is 4.82. The zero-order chi connectivity index (χ0) is 14.7. The van der Waals surface area contributed by atoms with Crippen LogP contribution in [0, 0.1) is 5.82 Å². The van der Waals surface area contributed by atoms with Gasteiger partial charge in [0.2, 0.25) is 0 Å². The van der Waals surface area contributed by atoms with Gasteiger partial charge in [-0.3, -0.25) is 0 Å². The zero-order valence-corrected chi connectivity index (χ0v) is 13.3. The Labute approximate surface area is 130 Å². The van der Waals surface area contributed by atoms with Gasteiger partial charge in [-0.15, -0.1) is 0 Å². The lowest BCUT2D eigenvalue weighted by Gasteiger charge is -2.17. The smallest absolute Gasteiger partial charge is 0.152 e. The Balaban J connectivity index is 2.23. The summed E-state index contributed by atoms with van der Waals surface area (Å²) < 4.78 is 19.8. The average molecular weight is 360 g/mol. The third-order valence-corrected chi connectivity index (χ3v) is 3.59. The van der Waals surface area contributed by atoms with Crippen molar-refractivity contribution in [2.45, 2.75) is 13.0 Å². The van der Waals surface area contributed by atoms with E-state index in [0.29, 0.717) is 22.2 Å². The molecule has 0 aliphatic heterocycles. The number of aromatic nitrogens is 1. The van der Waals surface area contributed by atoms with Crippen LogP contribution in [0.3, 0.4) is 0 Å². The number of halogens is 3. The number of hydrogen-bond donors (Lipinski definition) is 1. The number of hydrogen-bond acceptors (Lipinski definition) is 3. The molecule has 0 aliphatic carbocycles. The summed E-state index contributed by atoms with van der Waals surface area (Å²) >= 11 is 9.33. The number of benzene rings is 1. The molecular weight excluding hydrogens is 347 g/mol. The van der Waals surface area contributed by atoms with Crippen molar-refractivity contribution >= 4 is 33.2 Å². The number of methoxy groups -OCH3 is 1. The van der Waals surface area contributed by atoms with Crippen LogP contribution in [0.5, 0.6) is 5.75 Å². The third kappa shape index (κ3) is 3.41. The topological polar surface area (TPSA) is 34.1 Å². The Kier molecular flexibility index (Phi) is 4.83. The summed E-state index contributed by atoms with van der Waals surface area (Å²) in [5, 5.41) is 3.48. The van der Waals surface area contributed by atoms with Crippen LogP contribution in [-0.4, -0.2) is 12.1 Å². The normalized spacial score (nSPS) is 12.1. The maximum atomic E-state index is 14.0. The van der Waals surface area contributed by atoms with E-state index in [9.17, 15) is 4.39 Å². The van der Waals surface area contributed by atoms with E-state index in [1.807, 2.05) is 6.92 Å². The van der Waals surface area contributed by atoms with Gasteiger partial charge in [0, 0.05) is 22.3 Å². The van der Waals surface area contributed by atoms with Crippen molar-refractivity contribution < 1.29 is 9.13 Å². The van der Waals surface area contributed by atoms with Crippen molar-refractivity contribution in [2.75, 3.05) is 12.4 Å². The lowest BCUT2D eigenvalue weighted by molar-refractivity contribution is 0.410. The largest absolute Gasteiger partial charge is 0.497 e. The first-order valence-corrected chi connectivity index (χ1v) is 7.09. The maximum absolute atomic E-state index is 14.0. The molecule has 0 radical (unpaired) electrons. The summed E-state index contributed by atoms with van der Waals surface area (Å²) in [5.74, 6) is 0.157. The fourth-order valence-electron chi connectivity index (χ4n) is 1.82. The first-order valence-electron chi connectivity index (χ1n) is 5.92. The molecule has 1 heterocycles. The van der Waals surface area contributed by atoms with Crippen molar-refractivity contribution in [3.8, 4) is 5.75 Å². The molecule has 2 rings (SSSR count). The molecule has 0 bridgehead atoms. The van der Waals surface area contributed by atoms with Crippen LogP contribution in [0.4, 0.5) is 10.1 Å². The van der Waals surface area contributed by atoms with Crippen LogP contribution >= 0.6 is 27.5 Å². The van der Waals surface area contributed by atoms with Gasteiger partial charge in [0.25, 0.3) is 0 Å². The van der Waals surface area contributed by atoms with Gasteiger partial charge >= 0.3 is 0 Å². The monoisotopic (exact) mass is 358 g/mol. The first kappa shape index (κ1) is 15.1. The predicted molar refractivity (Wildman–Crippen MR) is 81.9 cm³/mol. The van der Waals surface area contributed by atoms with E-state index in [4.69, 9.17) is 16.3 Å². The van der Waals surface area contributed by atoms with Crippen LogP contribution in [0.1, 0.15) is 18.5 Å². The van der Waals surface area contributed by atoms with Crippen LogP contribution in [0.25, 0.3) is 0 Å². The van der Waals surface area contributed by atoms with Crippen molar-refractivity contribution in [1.82, 2.24) is 4.98 Å². The Hall–Kier alpha value is -1.33. The standard InChI is InChI=1S/C14H13BrClFN2O/c1-8(11-4-3-10(20-2)6-12(11)17)19-13-5-9(15)7-18-14(13)16/h3-8,19H,1-2H3. The molecule has 1 aromatic carbocycles. The van der Waals surface area contributed by atoms with E-state index < -0.39 is 0 Å². The first-order chi connectivity index (χ1) is 9.51. The molecule has 0 amide bonds. The van der Waals surface area contributed by atoms with Gasteiger partial charge in [-0.25, -0.2) is 9.37 Å². The fourth-order valence-corrected chi connectivity index (χ4v) is 2.31. The van der Waals surface area contributed by atoms with E-state index >= 15 is 0 Å². The number of nitrogens with zero attached hydrogens (tertiary/aromatic N) is 1. The van der Waals surface area contributed by atoms with Crippen molar-refractivity contribution in [3.63, 3.8) is 0 Å². The van der Waals surface area contributed by atoms with Crippen molar-refractivity contribution in [3.05, 3.63) is 51.5 Å². The molecule has 0 saturated heterocycles. The van der Waals surface area contributed by atoms with Gasteiger partial charge in [0.1, 0.15) is 11.6 Å². The molecule has 0 fully saturated rings. The van der Waals surface area contributed by atoms with E-state index in [-0.39, 0.29) is 11.9 Å². The van der Waals surface area contributed by atoms with Crippen LogP contribution < -0.4 is 10.1 Å². The van der Waals surface area contributed by atoms with Crippen LogP contribution in [-0.2, 0) is 0 Å². The van der Waals surface area contributed by atoms with E-state index in [0.717, 1.165) is 4.47 Å². The number of pyridine rings is 1. The van der Waals surface area contributed by atoms with E-state index in [1.54, 1.807) is 24.4 Å². The minimum Gasteiger partial charge on any atom is -0.497 e. The average Bonchev–Trinajstić information content (AvgIpc) is 2.42. The second kappa shape index (κ2) is 6.41. The lowest BCUT2D eigenvalue weighted by Crippen LogP contribution is -2.09. The summed E-state index contributed by atoms with van der Waals surface area (Å²) in [6, 6.07) is 6.30. The van der Waals surface area contributed by atoms with Gasteiger partial charge in [0.05, 0.1) is 18.8 Å². The minimum absolute atomic E-state index is 0.255. The van der Waals surface area contributed by atoms with E-state index in [1.165, 1.54) is 13.2 Å². The Bertz CT molecular complexity index is 624. The number of nitrogens with one attached hydrogen (secondary N) is 1. The molecule has 1 N–H and O–H groups in total. The number of rotatable bonds is 4.